The lowest BCUT2D eigenvalue weighted by molar-refractivity contribution is 0.0991. The molecule has 146 valence electrons. The highest BCUT2D eigenvalue weighted by Gasteiger charge is 2.20. The SMILES string of the molecule is O=C(N=Nc1c(O)[nH]c2ccccc12)c1[nH]c2ccc(Cl)cc2c1-c1ccccc1. The van der Waals surface area contributed by atoms with Crippen molar-refractivity contribution in [2.24, 2.45) is 10.2 Å². The Kier molecular flexibility index (Phi) is 4.34. The smallest absolute Gasteiger partial charge is 0.312 e. The first-order valence-corrected chi connectivity index (χ1v) is 9.62. The van der Waals surface area contributed by atoms with Gasteiger partial charge in [0, 0.05) is 26.9 Å². The van der Waals surface area contributed by atoms with E-state index in [0.717, 1.165) is 16.5 Å². The van der Waals surface area contributed by atoms with E-state index >= 15 is 0 Å². The van der Waals surface area contributed by atoms with Gasteiger partial charge in [0.25, 0.3) is 0 Å². The number of nitrogens with one attached hydrogen (secondary N) is 2. The van der Waals surface area contributed by atoms with Crippen LogP contribution in [0.2, 0.25) is 5.02 Å². The highest BCUT2D eigenvalue weighted by atomic mass is 35.5. The van der Waals surface area contributed by atoms with E-state index in [-0.39, 0.29) is 11.6 Å². The summed E-state index contributed by atoms with van der Waals surface area (Å²) in [6.07, 6.45) is 0. The van der Waals surface area contributed by atoms with Gasteiger partial charge in [-0.1, -0.05) is 60.1 Å². The van der Waals surface area contributed by atoms with Crippen molar-refractivity contribution in [3.8, 4) is 17.0 Å². The van der Waals surface area contributed by atoms with Crippen molar-refractivity contribution in [1.29, 1.82) is 0 Å². The number of azo groups is 1. The van der Waals surface area contributed by atoms with Crippen molar-refractivity contribution in [1.82, 2.24) is 9.97 Å². The number of amides is 1. The summed E-state index contributed by atoms with van der Waals surface area (Å²) in [6, 6.07) is 22.2. The Balaban J connectivity index is 1.63. The van der Waals surface area contributed by atoms with Gasteiger partial charge in [0.1, 0.15) is 5.69 Å². The fourth-order valence-corrected chi connectivity index (χ4v) is 3.76. The van der Waals surface area contributed by atoms with Gasteiger partial charge in [-0.25, -0.2) is 0 Å². The molecule has 0 atom stereocenters. The Labute approximate surface area is 175 Å². The zero-order valence-corrected chi connectivity index (χ0v) is 16.3. The van der Waals surface area contributed by atoms with Gasteiger partial charge >= 0.3 is 5.91 Å². The number of hydrogen-bond donors (Lipinski definition) is 3. The highest BCUT2D eigenvalue weighted by molar-refractivity contribution is 6.31. The number of aromatic nitrogens is 2. The van der Waals surface area contributed by atoms with Crippen LogP contribution in [0.5, 0.6) is 5.88 Å². The molecule has 2 heterocycles. The molecule has 5 aromatic rings. The summed E-state index contributed by atoms with van der Waals surface area (Å²) in [6.45, 7) is 0. The molecule has 0 bridgehead atoms. The summed E-state index contributed by atoms with van der Waals surface area (Å²) >= 11 is 6.20. The van der Waals surface area contributed by atoms with Crippen LogP contribution in [0.4, 0.5) is 5.69 Å². The van der Waals surface area contributed by atoms with Crippen LogP contribution in [0.25, 0.3) is 32.9 Å². The van der Waals surface area contributed by atoms with Crippen LogP contribution in [-0.2, 0) is 0 Å². The molecule has 7 heteroatoms. The summed E-state index contributed by atoms with van der Waals surface area (Å²) in [5.41, 5.74) is 3.58. The summed E-state index contributed by atoms with van der Waals surface area (Å²) in [4.78, 5) is 19.0. The number of aromatic amines is 2. The Morgan fingerprint density at radius 2 is 1.60 bits per heavy atom. The van der Waals surface area contributed by atoms with E-state index in [0.29, 0.717) is 27.2 Å². The van der Waals surface area contributed by atoms with Gasteiger partial charge in [-0.05, 0) is 29.8 Å². The predicted molar refractivity (Wildman–Crippen MR) is 118 cm³/mol. The van der Waals surface area contributed by atoms with Crippen LogP contribution >= 0.6 is 11.6 Å². The number of carbonyl (C=O) groups excluding carboxylic acids is 1. The maximum atomic E-state index is 13.0. The van der Waals surface area contributed by atoms with E-state index in [1.807, 2.05) is 60.7 Å². The number of fused-ring (bicyclic) bond motifs is 2. The minimum Gasteiger partial charge on any atom is -0.493 e. The number of nitrogens with zero attached hydrogens (tertiary/aromatic N) is 2. The quantitative estimate of drug-likeness (QED) is 0.290. The molecule has 2 aromatic heterocycles. The Hall–Kier alpha value is -3.90. The molecule has 3 N–H and O–H groups in total. The average Bonchev–Trinajstić information content (AvgIpc) is 3.29. The number of rotatable bonds is 3. The lowest BCUT2D eigenvalue weighted by Crippen LogP contribution is -1.97. The van der Waals surface area contributed by atoms with Gasteiger partial charge in [-0.15, -0.1) is 10.2 Å². The average molecular weight is 415 g/mol. The fraction of sp³-hybridized carbons (Fsp3) is 0. The zero-order chi connectivity index (χ0) is 20.7. The summed E-state index contributed by atoms with van der Waals surface area (Å²) in [5, 5.41) is 20.2. The van der Waals surface area contributed by atoms with E-state index in [1.165, 1.54) is 0 Å². The largest absolute Gasteiger partial charge is 0.493 e. The number of carbonyl (C=O) groups is 1. The van der Waals surface area contributed by atoms with E-state index in [4.69, 9.17) is 11.6 Å². The minimum atomic E-state index is -0.550. The molecule has 0 spiro atoms. The number of hydrogen-bond acceptors (Lipinski definition) is 3. The maximum absolute atomic E-state index is 13.0. The zero-order valence-electron chi connectivity index (χ0n) is 15.6. The molecule has 3 aromatic carbocycles. The number of H-pyrrole nitrogens is 2. The molecule has 0 saturated heterocycles. The molecule has 0 aliphatic carbocycles. The lowest BCUT2D eigenvalue weighted by atomic mass is 10.0. The normalized spacial score (nSPS) is 11.6. The van der Waals surface area contributed by atoms with Gasteiger partial charge in [0.2, 0.25) is 5.88 Å². The molecule has 30 heavy (non-hydrogen) atoms. The third-order valence-electron chi connectivity index (χ3n) is 4.94. The first-order valence-electron chi connectivity index (χ1n) is 9.24. The van der Waals surface area contributed by atoms with Crippen LogP contribution in [0.1, 0.15) is 10.5 Å². The van der Waals surface area contributed by atoms with Crippen LogP contribution < -0.4 is 0 Å². The van der Waals surface area contributed by atoms with Gasteiger partial charge < -0.3 is 15.1 Å². The molecule has 1 amide bonds. The highest BCUT2D eigenvalue weighted by Crippen LogP contribution is 2.37. The number of para-hydroxylation sites is 1. The molecular weight excluding hydrogens is 400 g/mol. The Morgan fingerprint density at radius 3 is 2.43 bits per heavy atom. The maximum Gasteiger partial charge on any atom is 0.312 e. The molecule has 0 aliphatic heterocycles. The van der Waals surface area contributed by atoms with Crippen LogP contribution in [0, 0.1) is 0 Å². The predicted octanol–water partition coefficient (Wildman–Crippen LogP) is 6.60. The van der Waals surface area contributed by atoms with E-state index in [1.54, 1.807) is 12.1 Å². The monoisotopic (exact) mass is 414 g/mol. The minimum absolute atomic E-state index is 0.139. The van der Waals surface area contributed by atoms with Crippen molar-refractivity contribution in [2.75, 3.05) is 0 Å². The Bertz CT molecular complexity index is 1430. The molecule has 0 fully saturated rings. The summed E-state index contributed by atoms with van der Waals surface area (Å²) in [5.74, 6) is -0.690. The first-order chi connectivity index (χ1) is 14.6. The van der Waals surface area contributed by atoms with E-state index in [9.17, 15) is 9.90 Å². The van der Waals surface area contributed by atoms with Crippen molar-refractivity contribution < 1.29 is 9.90 Å². The van der Waals surface area contributed by atoms with E-state index < -0.39 is 5.91 Å². The molecule has 0 saturated carbocycles. The number of aromatic hydroxyl groups is 1. The second-order valence-corrected chi connectivity index (χ2v) is 7.24. The van der Waals surface area contributed by atoms with E-state index in [2.05, 4.69) is 20.2 Å². The Morgan fingerprint density at radius 1 is 0.867 bits per heavy atom. The first kappa shape index (κ1) is 18.1. The fourth-order valence-electron chi connectivity index (χ4n) is 3.59. The summed E-state index contributed by atoms with van der Waals surface area (Å²) < 4.78 is 0. The van der Waals surface area contributed by atoms with Gasteiger partial charge in [-0.2, -0.15) is 0 Å². The summed E-state index contributed by atoms with van der Waals surface area (Å²) in [7, 11) is 0. The van der Waals surface area contributed by atoms with Crippen LogP contribution in [0.15, 0.2) is 83.0 Å². The molecular formula is C23H15ClN4O2. The third kappa shape index (κ3) is 3.03. The van der Waals surface area contributed by atoms with Crippen molar-refractivity contribution >= 4 is 45.0 Å². The third-order valence-corrected chi connectivity index (χ3v) is 5.17. The van der Waals surface area contributed by atoms with Crippen LogP contribution in [0.3, 0.4) is 0 Å². The number of benzene rings is 3. The van der Waals surface area contributed by atoms with Crippen molar-refractivity contribution in [2.45, 2.75) is 0 Å². The second-order valence-electron chi connectivity index (χ2n) is 6.80. The standard InChI is InChI=1S/C23H15ClN4O2/c24-14-10-11-18-16(12-14)19(13-6-2-1-3-7-13)21(25-18)23(30)28-27-20-15-8-4-5-9-17(15)26-22(20)29/h1-12,25-26,29H. The molecule has 0 unspecified atom stereocenters. The molecule has 0 radical (unpaired) electrons. The van der Waals surface area contributed by atoms with Crippen molar-refractivity contribution in [3.63, 3.8) is 0 Å². The van der Waals surface area contributed by atoms with Gasteiger partial charge in [0.15, 0.2) is 5.69 Å². The molecule has 5 rings (SSSR count). The molecule has 0 aliphatic rings. The lowest BCUT2D eigenvalue weighted by Gasteiger charge is -2.02. The van der Waals surface area contributed by atoms with Crippen molar-refractivity contribution in [3.05, 3.63) is 83.5 Å². The van der Waals surface area contributed by atoms with Gasteiger partial charge in [-0.3, -0.25) is 4.79 Å². The van der Waals surface area contributed by atoms with Gasteiger partial charge in [0.05, 0.1) is 5.52 Å². The second kappa shape index (κ2) is 7.17. The molecule has 6 nitrogen and oxygen atoms in total. The number of halogens is 1. The van der Waals surface area contributed by atoms with Crippen LogP contribution in [-0.4, -0.2) is 21.0 Å². The topological polar surface area (TPSA) is 93.6 Å².